The molecule has 156 valence electrons. The largest absolute Gasteiger partial charge is 0.497 e. The summed E-state index contributed by atoms with van der Waals surface area (Å²) in [5.74, 6) is 2.23. The summed E-state index contributed by atoms with van der Waals surface area (Å²) in [7, 11) is 1.66. The Bertz CT molecular complexity index is 1060. The standard InChI is InChI=1S/C25H27NO4/c1-4-26(16-18-5-10-23-24(13-18)30-12-11-29-23)25(27)17(2)19-6-7-21-15-22(28-3)9-8-20(21)14-19/h5-10,13-15,17H,4,11-12,16H2,1-3H3/t17-/m0/s1. The highest BCUT2D eigenvalue weighted by Gasteiger charge is 2.22. The first-order valence-corrected chi connectivity index (χ1v) is 10.3. The van der Waals surface area contributed by atoms with Crippen molar-refractivity contribution in [3.63, 3.8) is 0 Å². The molecule has 5 heteroatoms. The number of hydrogen-bond acceptors (Lipinski definition) is 4. The Balaban J connectivity index is 1.52. The van der Waals surface area contributed by atoms with Gasteiger partial charge in [-0.1, -0.05) is 30.3 Å². The highest BCUT2D eigenvalue weighted by Crippen LogP contribution is 2.32. The third-order valence-corrected chi connectivity index (χ3v) is 5.62. The van der Waals surface area contributed by atoms with E-state index >= 15 is 0 Å². The smallest absolute Gasteiger partial charge is 0.230 e. The first kappa shape index (κ1) is 20.1. The fraction of sp³-hybridized carbons (Fsp3) is 0.320. The second-order valence-electron chi connectivity index (χ2n) is 7.52. The highest BCUT2D eigenvalue weighted by molar-refractivity contribution is 5.88. The number of methoxy groups -OCH3 is 1. The quantitative estimate of drug-likeness (QED) is 0.593. The molecule has 4 rings (SSSR count). The monoisotopic (exact) mass is 405 g/mol. The number of nitrogens with zero attached hydrogens (tertiary/aromatic N) is 1. The van der Waals surface area contributed by atoms with Gasteiger partial charge in [-0.2, -0.15) is 0 Å². The predicted octanol–water partition coefficient (Wildman–Crippen LogP) is 4.77. The molecule has 0 fully saturated rings. The van der Waals surface area contributed by atoms with Crippen molar-refractivity contribution in [1.29, 1.82) is 0 Å². The van der Waals surface area contributed by atoms with E-state index in [9.17, 15) is 4.79 Å². The molecule has 0 aliphatic carbocycles. The van der Waals surface area contributed by atoms with Gasteiger partial charge < -0.3 is 19.1 Å². The molecule has 1 heterocycles. The lowest BCUT2D eigenvalue weighted by atomic mass is 9.96. The van der Waals surface area contributed by atoms with E-state index in [0.717, 1.165) is 39.1 Å². The Kier molecular flexibility index (Phi) is 5.79. The number of fused-ring (bicyclic) bond motifs is 2. The Morgan fingerprint density at radius 2 is 1.73 bits per heavy atom. The molecule has 5 nitrogen and oxygen atoms in total. The maximum Gasteiger partial charge on any atom is 0.230 e. The minimum Gasteiger partial charge on any atom is -0.497 e. The van der Waals surface area contributed by atoms with Crippen molar-refractivity contribution in [2.75, 3.05) is 26.9 Å². The van der Waals surface area contributed by atoms with Crippen LogP contribution in [0.3, 0.4) is 0 Å². The molecule has 1 aliphatic heterocycles. The molecule has 0 saturated heterocycles. The average Bonchev–Trinajstić information content (AvgIpc) is 2.80. The number of carbonyl (C=O) groups is 1. The summed E-state index contributed by atoms with van der Waals surface area (Å²) in [6.07, 6.45) is 0. The number of benzene rings is 3. The second kappa shape index (κ2) is 8.66. The van der Waals surface area contributed by atoms with Gasteiger partial charge in [-0.25, -0.2) is 0 Å². The van der Waals surface area contributed by atoms with Crippen LogP contribution in [0.5, 0.6) is 17.2 Å². The molecule has 3 aromatic rings. The summed E-state index contributed by atoms with van der Waals surface area (Å²) >= 11 is 0. The normalized spacial score (nSPS) is 13.7. The van der Waals surface area contributed by atoms with Crippen molar-refractivity contribution in [3.05, 3.63) is 65.7 Å². The molecule has 1 atom stereocenters. The van der Waals surface area contributed by atoms with Crippen molar-refractivity contribution in [3.8, 4) is 17.2 Å². The van der Waals surface area contributed by atoms with Crippen LogP contribution in [0.25, 0.3) is 10.8 Å². The molecule has 0 radical (unpaired) electrons. The van der Waals surface area contributed by atoms with Gasteiger partial charge in [-0.3, -0.25) is 4.79 Å². The van der Waals surface area contributed by atoms with Crippen molar-refractivity contribution in [2.45, 2.75) is 26.3 Å². The Labute approximate surface area is 177 Å². The molecule has 0 N–H and O–H groups in total. The van der Waals surface area contributed by atoms with E-state index in [0.29, 0.717) is 26.3 Å². The van der Waals surface area contributed by atoms with Crippen LogP contribution in [0.1, 0.15) is 30.9 Å². The average molecular weight is 405 g/mol. The zero-order chi connectivity index (χ0) is 21.1. The fourth-order valence-electron chi connectivity index (χ4n) is 3.81. The molecule has 0 unspecified atom stereocenters. The van der Waals surface area contributed by atoms with Crippen molar-refractivity contribution in [2.24, 2.45) is 0 Å². The zero-order valence-electron chi connectivity index (χ0n) is 17.7. The fourth-order valence-corrected chi connectivity index (χ4v) is 3.81. The first-order valence-electron chi connectivity index (χ1n) is 10.3. The molecule has 0 spiro atoms. The van der Waals surface area contributed by atoms with E-state index in [-0.39, 0.29) is 11.8 Å². The van der Waals surface area contributed by atoms with Gasteiger partial charge in [-0.05, 0) is 60.0 Å². The molecule has 0 saturated carbocycles. The number of carbonyl (C=O) groups excluding carboxylic acids is 1. The molecular formula is C25H27NO4. The van der Waals surface area contributed by atoms with Crippen LogP contribution in [-0.4, -0.2) is 37.7 Å². The van der Waals surface area contributed by atoms with Gasteiger partial charge in [0.2, 0.25) is 5.91 Å². The van der Waals surface area contributed by atoms with Crippen LogP contribution < -0.4 is 14.2 Å². The van der Waals surface area contributed by atoms with E-state index in [1.807, 2.05) is 67.3 Å². The lowest BCUT2D eigenvalue weighted by Gasteiger charge is -2.26. The summed E-state index contributed by atoms with van der Waals surface area (Å²) in [5, 5.41) is 2.20. The van der Waals surface area contributed by atoms with Crippen molar-refractivity contribution in [1.82, 2.24) is 4.90 Å². The molecule has 3 aromatic carbocycles. The van der Waals surface area contributed by atoms with Crippen LogP contribution in [0, 0.1) is 0 Å². The number of amides is 1. The van der Waals surface area contributed by atoms with Crippen LogP contribution in [0.2, 0.25) is 0 Å². The Hall–Kier alpha value is -3.21. The lowest BCUT2D eigenvalue weighted by molar-refractivity contribution is -0.132. The minimum absolute atomic E-state index is 0.111. The maximum atomic E-state index is 13.3. The van der Waals surface area contributed by atoms with Gasteiger partial charge in [0.15, 0.2) is 11.5 Å². The molecule has 30 heavy (non-hydrogen) atoms. The molecular weight excluding hydrogens is 378 g/mol. The summed E-state index contributed by atoms with van der Waals surface area (Å²) in [6.45, 7) is 6.29. The zero-order valence-corrected chi connectivity index (χ0v) is 17.7. The topological polar surface area (TPSA) is 48.0 Å². The van der Waals surface area contributed by atoms with Gasteiger partial charge in [0.1, 0.15) is 19.0 Å². The number of likely N-dealkylation sites (N-methyl/N-ethyl adjacent to an activating group) is 1. The van der Waals surface area contributed by atoms with Crippen LogP contribution in [0.4, 0.5) is 0 Å². The summed E-state index contributed by atoms with van der Waals surface area (Å²) < 4.78 is 16.6. The van der Waals surface area contributed by atoms with E-state index in [1.54, 1.807) is 7.11 Å². The predicted molar refractivity (Wildman–Crippen MR) is 117 cm³/mol. The van der Waals surface area contributed by atoms with Crippen molar-refractivity contribution >= 4 is 16.7 Å². The molecule has 1 aliphatic rings. The van der Waals surface area contributed by atoms with E-state index < -0.39 is 0 Å². The van der Waals surface area contributed by atoms with Gasteiger partial charge in [0.25, 0.3) is 0 Å². The first-order chi connectivity index (χ1) is 14.6. The van der Waals surface area contributed by atoms with Crippen LogP contribution in [-0.2, 0) is 11.3 Å². The number of ether oxygens (including phenoxy) is 3. The van der Waals surface area contributed by atoms with Gasteiger partial charge >= 0.3 is 0 Å². The van der Waals surface area contributed by atoms with E-state index in [4.69, 9.17) is 14.2 Å². The van der Waals surface area contributed by atoms with Gasteiger partial charge in [0, 0.05) is 13.1 Å². The third-order valence-electron chi connectivity index (χ3n) is 5.62. The summed E-state index contributed by atoms with van der Waals surface area (Å²) in [6, 6.07) is 18.0. The molecule has 1 amide bonds. The van der Waals surface area contributed by atoms with Gasteiger partial charge in [0.05, 0.1) is 13.0 Å². The van der Waals surface area contributed by atoms with E-state index in [1.165, 1.54) is 0 Å². The maximum absolute atomic E-state index is 13.3. The highest BCUT2D eigenvalue weighted by atomic mass is 16.6. The number of hydrogen-bond donors (Lipinski definition) is 0. The minimum atomic E-state index is -0.228. The van der Waals surface area contributed by atoms with Crippen LogP contribution >= 0.6 is 0 Å². The van der Waals surface area contributed by atoms with Crippen LogP contribution in [0.15, 0.2) is 54.6 Å². The van der Waals surface area contributed by atoms with E-state index in [2.05, 4.69) is 6.07 Å². The Morgan fingerprint density at radius 1 is 1.00 bits per heavy atom. The SMILES string of the molecule is CCN(Cc1ccc2c(c1)OCCO2)C(=O)[C@@H](C)c1ccc2cc(OC)ccc2c1. The Morgan fingerprint density at radius 3 is 2.50 bits per heavy atom. The lowest BCUT2D eigenvalue weighted by Crippen LogP contribution is -2.33. The second-order valence-corrected chi connectivity index (χ2v) is 7.52. The summed E-state index contributed by atoms with van der Waals surface area (Å²) in [4.78, 5) is 15.1. The third kappa shape index (κ3) is 4.06. The van der Waals surface area contributed by atoms with Gasteiger partial charge in [-0.15, -0.1) is 0 Å². The molecule has 0 aromatic heterocycles. The number of rotatable bonds is 6. The summed E-state index contributed by atoms with van der Waals surface area (Å²) in [5.41, 5.74) is 2.05. The van der Waals surface area contributed by atoms with Crippen molar-refractivity contribution < 1.29 is 19.0 Å². The molecule has 0 bridgehead atoms.